The number of nitrogens with zero attached hydrogens (tertiary/aromatic N) is 3. The molecule has 30 heavy (non-hydrogen) atoms. The van der Waals surface area contributed by atoms with Gasteiger partial charge >= 0.3 is 6.03 Å². The third-order valence-corrected chi connectivity index (χ3v) is 6.79. The molecule has 2 aliphatic rings. The molecule has 6 nitrogen and oxygen atoms in total. The van der Waals surface area contributed by atoms with Gasteiger partial charge in [0, 0.05) is 32.2 Å². The van der Waals surface area contributed by atoms with Crippen LogP contribution in [0.2, 0.25) is 0 Å². The van der Waals surface area contributed by atoms with Crippen LogP contribution in [0.4, 0.5) is 4.79 Å². The lowest BCUT2D eigenvalue weighted by Crippen LogP contribution is -2.58. The van der Waals surface area contributed by atoms with Crippen LogP contribution in [0.5, 0.6) is 5.75 Å². The fourth-order valence-corrected chi connectivity index (χ4v) is 4.73. The fourth-order valence-electron chi connectivity index (χ4n) is 4.73. The molecule has 1 atom stereocenters. The van der Waals surface area contributed by atoms with Gasteiger partial charge in [-0.05, 0) is 56.2 Å². The molecule has 1 aromatic rings. The molecule has 2 saturated heterocycles. The maximum absolute atomic E-state index is 13.5. The summed E-state index contributed by atoms with van der Waals surface area (Å²) >= 11 is 0. The van der Waals surface area contributed by atoms with Crippen LogP contribution in [0.3, 0.4) is 0 Å². The number of imide groups is 1. The van der Waals surface area contributed by atoms with E-state index in [0.29, 0.717) is 19.1 Å². The van der Waals surface area contributed by atoms with Crippen LogP contribution in [0.15, 0.2) is 24.3 Å². The van der Waals surface area contributed by atoms with E-state index in [-0.39, 0.29) is 17.9 Å². The predicted octanol–water partition coefficient (Wildman–Crippen LogP) is 3.79. The first-order valence-corrected chi connectivity index (χ1v) is 11.3. The summed E-state index contributed by atoms with van der Waals surface area (Å²) < 4.78 is 5.24. The van der Waals surface area contributed by atoms with Gasteiger partial charge in [-0.1, -0.05) is 32.9 Å². The molecule has 0 saturated carbocycles. The highest BCUT2D eigenvalue weighted by Crippen LogP contribution is 2.38. The van der Waals surface area contributed by atoms with Crippen molar-refractivity contribution in [3.05, 3.63) is 29.8 Å². The standard InChI is InChI=1S/C24H37N3O3/c1-6-19(4)25-15-12-24(13-16-25)22(28)26(17-18(2)3)23(29)27(24)14-11-20-7-9-21(30-5)10-8-20/h7-10,18-19H,6,11-17H2,1-5H3/t19-/m1/s1. The maximum Gasteiger partial charge on any atom is 0.327 e. The minimum atomic E-state index is -0.678. The molecular formula is C24H37N3O3. The molecule has 1 aromatic carbocycles. The summed E-state index contributed by atoms with van der Waals surface area (Å²) in [7, 11) is 1.66. The number of hydrogen-bond acceptors (Lipinski definition) is 4. The van der Waals surface area contributed by atoms with Gasteiger partial charge in [0.1, 0.15) is 11.3 Å². The lowest BCUT2D eigenvalue weighted by atomic mass is 9.85. The number of carbonyl (C=O) groups is 2. The number of rotatable bonds is 8. The van der Waals surface area contributed by atoms with Gasteiger partial charge < -0.3 is 14.5 Å². The Balaban J connectivity index is 1.79. The van der Waals surface area contributed by atoms with E-state index in [1.807, 2.05) is 29.2 Å². The van der Waals surface area contributed by atoms with Crippen LogP contribution in [0.1, 0.15) is 52.5 Å². The van der Waals surface area contributed by atoms with E-state index < -0.39 is 5.54 Å². The Hall–Kier alpha value is -2.08. The van der Waals surface area contributed by atoms with Crippen molar-refractivity contribution in [3.63, 3.8) is 0 Å². The number of likely N-dealkylation sites (tertiary alicyclic amines) is 1. The summed E-state index contributed by atoms with van der Waals surface area (Å²) in [5, 5.41) is 0. The maximum atomic E-state index is 13.5. The Morgan fingerprint density at radius 1 is 1.07 bits per heavy atom. The molecule has 0 radical (unpaired) electrons. The Bertz CT molecular complexity index is 739. The van der Waals surface area contributed by atoms with Gasteiger partial charge in [-0.3, -0.25) is 9.69 Å². The average molecular weight is 416 g/mol. The Labute approximate surface area is 181 Å². The summed E-state index contributed by atoms with van der Waals surface area (Å²) in [6, 6.07) is 8.35. The highest BCUT2D eigenvalue weighted by atomic mass is 16.5. The van der Waals surface area contributed by atoms with Crippen LogP contribution in [-0.4, -0.2) is 71.5 Å². The zero-order chi connectivity index (χ0) is 21.9. The Morgan fingerprint density at radius 2 is 1.70 bits per heavy atom. The first kappa shape index (κ1) is 22.6. The van der Waals surface area contributed by atoms with Crippen LogP contribution in [-0.2, 0) is 11.2 Å². The number of amides is 3. The zero-order valence-electron chi connectivity index (χ0n) is 19.2. The molecule has 2 fully saturated rings. The van der Waals surface area contributed by atoms with Crippen molar-refractivity contribution >= 4 is 11.9 Å². The molecule has 0 unspecified atom stereocenters. The van der Waals surface area contributed by atoms with Crippen LogP contribution >= 0.6 is 0 Å². The lowest BCUT2D eigenvalue weighted by molar-refractivity contribution is -0.136. The third kappa shape index (κ3) is 4.34. The SMILES string of the molecule is CC[C@@H](C)N1CCC2(CC1)C(=O)N(CC(C)C)C(=O)N2CCc1ccc(OC)cc1. The van der Waals surface area contributed by atoms with E-state index >= 15 is 0 Å². The second-order valence-corrected chi connectivity index (χ2v) is 9.17. The topological polar surface area (TPSA) is 53.1 Å². The van der Waals surface area contributed by atoms with Crippen molar-refractivity contribution in [2.45, 2.75) is 65.0 Å². The normalized spacial score (nSPS) is 20.5. The van der Waals surface area contributed by atoms with Crippen molar-refractivity contribution in [1.82, 2.24) is 14.7 Å². The molecule has 0 aromatic heterocycles. The number of hydrogen-bond donors (Lipinski definition) is 0. The van der Waals surface area contributed by atoms with Crippen molar-refractivity contribution in [3.8, 4) is 5.75 Å². The van der Waals surface area contributed by atoms with Crippen molar-refractivity contribution in [2.75, 3.05) is 33.3 Å². The second kappa shape index (κ2) is 9.38. The Kier molecular flexibility index (Phi) is 7.06. The molecule has 0 N–H and O–H groups in total. The summed E-state index contributed by atoms with van der Waals surface area (Å²) in [4.78, 5) is 32.7. The van der Waals surface area contributed by atoms with Crippen LogP contribution in [0, 0.1) is 5.92 Å². The third-order valence-electron chi connectivity index (χ3n) is 6.79. The van der Waals surface area contributed by atoms with Gasteiger partial charge in [-0.15, -0.1) is 0 Å². The van der Waals surface area contributed by atoms with Crippen molar-refractivity contribution in [2.24, 2.45) is 5.92 Å². The van der Waals surface area contributed by atoms with E-state index in [2.05, 4.69) is 32.6 Å². The molecule has 1 spiro atoms. The minimum Gasteiger partial charge on any atom is -0.497 e. The highest BCUT2D eigenvalue weighted by Gasteiger charge is 2.57. The smallest absolute Gasteiger partial charge is 0.327 e. The number of benzene rings is 1. The van der Waals surface area contributed by atoms with Gasteiger partial charge in [0.05, 0.1) is 7.11 Å². The van der Waals surface area contributed by atoms with Crippen molar-refractivity contribution < 1.29 is 14.3 Å². The largest absolute Gasteiger partial charge is 0.497 e. The van der Waals surface area contributed by atoms with Gasteiger partial charge in [-0.25, -0.2) is 4.79 Å². The molecule has 6 heteroatoms. The average Bonchev–Trinajstić information content (AvgIpc) is 2.93. The number of methoxy groups -OCH3 is 1. The molecule has 2 heterocycles. The van der Waals surface area contributed by atoms with Gasteiger partial charge in [0.2, 0.25) is 0 Å². The van der Waals surface area contributed by atoms with Crippen LogP contribution in [0.25, 0.3) is 0 Å². The summed E-state index contributed by atoms with van der Waals surface area (Å²) in [5.74, 6) is 1.10. The molecular weight excluding hydrogens is 378 g/mol. The predicted molar refractivity (Wildman–Crippen MR) is 119 cm³/mol. The minimum absolute atomic E-state index is 0.0136. The van der Waals surface area contributed by atoms with Crippen LogP contribution < -0.4 is 4.74 Å². The molecule has 3 amide bonds. The number of carbonyl (C=O) groups excluding carboxylic acids is 2. The summed E-state index contributed by atoms with van der Waals surface area (Å²) in [6.07, 6.45) is 3.27. The van der Waals surface area contributed by atoms with E-state index in [9.17, 15) is 9.59 Å². The van der Waals surface area contributed by atoms with E-state index in [1.165, 1.54) is 4.90 Å². The van der Waals surface area contributed by atoms with Gasteiger partial charge in [0.25, 0.3) is 5.91 Å². The lowest BCUT2D eigenvalue weighted by Gasteiger charge is -2.44. The van der Waals surface area contributed by atoms with Gasteiger partial charge in [0.15, 0.2) is 0 Å². The first-order chi connectivity index (χ1) is 14.3. The number of ether oxygens (including phenoxy) is 1. The first-order valence-electron chi connectivity index (χ1n) is 11.3. The molecule has 2 aliphatic heterocycles. The monoisotopic (exact) mass is 415 g/mol. The summed E-state index contributed by atoms with van der Waals surface area (Å²) in [5.41, 5.74) is 0.466. The molecule has 0 aliphatic carbocycles. The Morgan fingerprint density at radius 3 is 2.23 bits per heavy atom. The zero-order valence-corrected chi connectivity index (χ0v) is 19.2. The number of piperidine rings is 1. The fraction of sp³-hybridized carbons (Fsp3) is 0.667. The summed E-state index contributed by atoms with van der Waals surface area (Å²) in [6.45, 7) is 11.3. The van der Waals surface area contributed by atoms with E-state index in [1.54, 1.807) is 7.11 Å². The number of urea groups is 1. The molecule has 3 rings (SSSR count). The second-order valence-electron chi connectivity index (χ2n) is 9.17. The van der Waals surface area contributed by atoms with Crippen molar-refractivity contribution in [1.29, 1.82) is 0 Å². The van der Waals surface area contributed by atoms with Gasteiger partial charge in [-0.2, -0.15) is 0 Å². The van der Waals surface area contributed by atoms with E-state index in [0.717, 1.165) is 50.1 Å². The quantitative estimate of drug-likeness (QED) is 0.606. The highest BCUT2D eigenvalue weighted by molar-refractivity contribution is 6.07. The van der Waals surface area contributed by atoms with E-state index in [4.69, 9.17) is 4.74 Å². The molecule has 0 bridgehead atoms. The molecule has 166 valence electrons.